The van der Waals surface area contributed by atoms with Crippen LogP contribution in [0.2, 0.25) is 0 Å². The lowest BCUT2D eigenvalue weighted by Crippen LogP contribution is -2.30. The largest absolute Gasteiger partial charge is 0.486 e. The van der Waals surface area contributed by atoms with Crippen LogP contribution in [0.15, 0.2) is 36.7 Å². The second-order valence-electron chi connectivity index (χ2n) is 5.42. The molecular weight excluding hydrogens is 306 g/mol. The number of fused-ring (bicyclic) bond motifs is 1. The van der Waals surface area contributed by atoms with E-state index in [0.717, 1.165) is 22.9 Å². The van der Waals surface area contributed by atoms with E-state index in [1.165, 1.54) is 0 Å². The summed E-state index contributed by atoms with van der Waals surface area (Å²) in [5, 5.41) is 3.26. The fourth-order valence-electron chi connectivity index (χ4n) is 2.61. The molecule has 0 fully saturated rings. The zero-order valence-electron chi connectivity index (χ0n) is 13.9. The molecule has 6 nitrogen and oxygen atoms in total. The van der Waals surface area contributed by atoms with Gasteiger partial charge in [-0.25, -0.2) is 0 Å². The van der Waals surface area contributed by atoms with E-state index in [2.05, 4.69) is 10.3 Å². The maximum atomic E-state index is 12.4. The van der Waals surface area contributed by atoms with E-state index in [0.29, 0.717) is 31.9 Å². The number of rotatable bonds is 5. The van der Waals surface area contributed by atoms with Crippen molar-refractivity contribution in [1.29, 1.82) is 0 Å². The van der Waals surface area contributed by atoms with Crippen LogP contribution in [-0.4, -0.2) is 42.1 Å². The summed E-state index contributed by atoms with van der Waals surface area (Å²) in [6.07, 6.45) is 3.28. The molecule has 126 valence electrons. The van der Waals surface area contributed by atoms with Crippen LogP contribution in [0, 0.1) is 0 Å². The van der Waals surface area contributed by atoms with E-state index >= 15 is 0 Å². The lowest BCUT2D eigenvalue weighted by Gasteiger charge is -2.20. The summed E-state index contributed by atoms with van der Waals surface area (Å²) in [4.78, 5) is 18.4. The third kappa shape index (κ3) is 3.42. The Morgan fingerprint density at radius 2 is 1.83 bits per heavy atom. The second-order valence-corrected chi connectivity index (χ2v) is 5.42. The van der Waals surface area contributed by atoms with Crippen LogP contribution in [0.5, 0.6) is 11.5 Å². The van der Waals surface area contributed by atoms with E-state index in [9.17, 15) is 4.79 Å². The van der Waals surface area contributed by atoms with Gasteiger partial charge in [0.05, 0.1) is 17.4 Å². The fourth-order valence-corrected chi connectivity index (χ4v) is 2.61. The number of hydrogen-bond donors (Lipinski definition) is 1. The lowest BCUT2D eigenvalue weighted by atomic mass is 10.2. The monoisotopic (exact) mass is 327 g/mol. The van der Waals surface area contributed by atoms with Gasteiger partial charge in [-0.2, -0.15) is 0 Å². The number of anilines is 2. The topological polar surface area (TPSA) is 63.7 Å². The van der Waals surface area contributed by atoms with Gasteiger partial charge in [0, 0.05) is 31.0 Å². The van der Waals surface area contributed by atoms with Gasteiger partial charge in [-0.3, -0.25) is 9.78 Å². The molecule has 1 amide bonds. The molecule has 1 aromatic carbocycles. The highest BCUT2D eigenvalue weighted by Gasteiger charge is 2.14. The number of benzene rings is 1. The van der Waals surface area contributed by atoms with Gasteiger partial charge in [-0.1, -0.05) is 0 Å². The number of carbonyl (C=O) groups excluding carboxylic acids is 1. The zero-order chi connectivity index (χ0) is 16.9. The second kappa shape index (κ2) is 7.21. The summed E-state index contributed by atoms with van der Waals surface area (Å²) in [7, 11) is 0. The highest BCUT2D eigenvalue weighted by atomic mass is 16.6. The van der Waals surface area contributed by atoms with Crippen molar-refractivity contribution in [3.8, 4) is 11.5 Å². The summed E-state index contributed by atoms with van der Waals surface area (Å²) in [5.41, 5.74) is 2.18. The average Bonchev–Trinajstić information content (AvgIpc) is 2.63. The molecule has 6 heteroatoms. The van der Waals surface area contributed by atoms with Crippen molar-refractivity contribution in [2.24, 2.45) is 0 Å². The number of ether oxygens (including phenoxy) is 2. The predicted molar refractivity (Wildman–Crippen MR) is 92.2 cm³/mol. The minimum Gasteiger partial charge on any atom is -0.486 e. The van der Waals surface area contributed by atoms with Gasteiger partial charge >= 0.3 is 0 Å². The molecule has 1 aliphatic heterocycles. The van der Waals surface area contributed by atoms with Crippen LogP contribution < -0.4 is 14.8 Å². The van der Waals surface area contributed by atoms with Crippen molar-refractivity contribution in [3.05, 3.63) is 42.2 Å². The molecule has 0 aliphatic carbocycles. The Balaban J connectivity index is 1.78. The zero-order valence-corrected chi connectivity index (χ0v) is 13.9. The Hall–Kier alpha value is -2.76. The van der Waals surface area contributed by atoms with E-state index in [-0.39, 0.29) is 5.91 Å². The van der Waals surface area contributed by atoms with E-state index in [1.54, 1.807) is 17.3 Å². The normalized spacial score (nSPS) is 12.6. The van der Waals surface area contributed by atoms with Crippen molar-refractivity contribution < 1.29 is 14.3 Å². The number of nitrogens with one attached hydrogen (secondary N) is 1. The van der Waals surface area contributed by atoms with Crippen molar-refractivity contribution >= 4 is 17.3 Å². The Morgan fingerprint density at radius 3 is 2.58 bits per heavy atom. The van der Waals surface area contributed by atoms with Gasteiger partial charge in [0.1, 0.15) is 13.2 Å². The molecule has 3 rings (SSSR count). The first kappa shape index (κ1) is 16.1. The Labute approximate surface area is 141 Å². The van der Waals surface area contributed by atoms with E-state index in [1.807, 2.05) is 38.1 Å². The van der Waals surface area contributed by atoms with Gasteiger partial charge in [0.15, 0.2) is 11.5 Å². The molecule has 24 heavy (non-hydrogen) atoms. The quantitative estimate of drug-likeness (QED) is 0.914. The van der Waals surface area contributed by atoms with Gasteiger partial charge in [0.25, 0.3) is 5.91 Å². The first-order valence-electron chi connectivity index (χ1n) is 8.12. The van der Waals surface area contributed by atoms with Crippen molar-refractivity contribution in [2.75, 3.05) is 31.6 Å². The molecule has 0 atom stereocenters. The van der Waals surface area contributed by atoms with Gasteiger partial charge < -0.3 is 19.7 Å². The Kier molecular flexibility index (Phi) is 4.84. The summed E-state index contributed by atoms with van der Waals surface area (Å²) in [6, 6.07) is 7.47. The van der Waals surface area contributed by atoms with Crippen LogP contribution in [0.25, 0.3) is 0 Å². The van der Waals surface area contributed by atoms with E-state index < -0.39 is 0 Å². The SMILES string of the molecule is CCN(CC)C(=O)c1cncc(Nc2ccc3c(c2)OCCO3)c1. The molecule has 0 unspecified atom stereocenters. The minimum atomic E-state index is -0.0154. The van der Waals surface area contributed by atoms with Gasteiger partial charge in [-0.05, 0) is 32.0 Å². The van der Waals surface area contributed by atoms with Crippen LogP contribution in [-0.2, 0) is 0 Å². The van der Waals surface area contributed by atoms with Gasteiger partial charge in [0.2, 0.25) is 0 Å². The molecule has 0 spiro atoms. The van der Waals surface area contributed by atoms with Crippen LogP contribution in [0.1, 0.15) is 24.2 Å². The van der Waals surface area contributed by atoms with Crippen molar-refractivity contribution in [3.63, 3.8) is 0 Å². The Bertz CT molecular complexity index is 729. The number of pyridine rings is 1. The number of carbonyl (C=O) groups is 1. The fraction of sp³-hybridized carbons (Fsp3) is 0.333. The summed E-state index contributed by atoms with van der Waals surface area (Å²) in [6.45, 7) is 6.40. The molecule has 0 bridgehead atoms. The predicted octanol–water partition coefficient (Wildman–Crippen LogP) is 3.08. The molecule has 2 heterocycles. The first-order chi connectivity index (χ1) is 11.7. The highest BCUT2D eigenvalue weighted by Crippen LogP contribution is 2.33. The minimum absolute atomic E-state index is 0.0154. The molecule has 1 aromatic heterocycles. The molecule has 1 aliphatic rings. The standard InChI is InChI=1S/C18H21N3O3/c1-3-21(4-2)18(22)13-9-15(12-19-11-13)20-14-5-6-16-17(10-14)24-8-7-23-16/h5-6,9-12,20H,3-4,7-8H2,1-2H3. The number of amides is 1. The van der Waals surface area contributed by atoms with Crippen molar-refractivity contribution in [2.45, 2.75) is 13.8 Å². The highest BCUT2D eigenvalue weighted by molar-refractivity contribution is 5.94. The number of nitrogens with zero attached hydrogens (tertiary/aromatic N) is 2. The number of hydrogen-bond acceptors (Lipinski definition) is 5. The molecular formula is C18H21N3O3. The van der Waals surface area contributed by atoms with Gasteiger partial charge in [-0.15, -0.1) is 0 Å². The maximum absolute atomic E-state index is 12.4. The summed E-state index contributed by atoms with van der Waals surface area (Å²) < 4.78 is 11.1. The molecule has 0 radical (unpaired) electrons. The van der Waals surface area contributed by atoms with Crippen LogP contribution >= 0.6 is 0 Å². The molecule has 0 saturated carbocycles. The van der Waals surface area contributed by atoms with Crippen LogP contribution in [0.3, 0.4) is 0 Å². The molecule has 2 aromatic rings. The number of aromatic nitrogens is 1. The lowest BCUT2D eigenvalue weighted by molar-refractivity contribution is 0.0772. The molecule has 0 saturated heterocycles. The maximum Gasteiger partial charge on any atom is 0.255 e. The smallest absolute Gasteiger partial charge is 0.255 e. The third-order valence-electron chi connectivity index (χ3n) is 3.87. The summed E-state index contributed by atoms with van der Waals surface area (Å²) in [5.74, 6) is 1.45. The van der Waals surface area contributed by atoms with E-state index in [4.69, 9.17) is 9.47 Å². The molecule has 1 N–H and O–H groups in total. The Morgan fingerprint density at radius 1 is 1.08 bits per heavy atom. The van der Waals surface area contributed by atoms with Crippen LogP contribution in [0.4, 0.5) is 11.4 Å². The third-order valence-corrected chi connectivity index (χ3v) is 3.87. The summed E-state index contributed by atoms with van der Waals surface area (Å²) >= 11 is 0. The average molecular weight is 327 g/mol. The van der Waals surface area contributed by atoms with Crippen molar-refractivity contribution in [1.82, 2.24) is 9.88 Å². The first-order valence-corrected chi connectivity index (χ1v) is 8.12.